The van der Waals surface area contributed by atoms with Gasteiger partial charge in [-0.05, 0) is 79.9 Å². The van der Waals surface area contributed by atoms with Crippen LogP contribution in [-0.2, 0) is 30.5 Å². The zero-order valence-corrected chi connectivity index (χ0v) is 27.4. The van der Waals surface area contributed by atoms with Gasteiger partial charge in [0, 0.05) is 28.9 Å². The van der Waals surface area contributed by atoms with Crippen molar-refractivity contribution in [1.29, 1.82) is 0 Å². The molecule has 3 aromatic carbocycles. The summed E-state index contributed by atoms with van der Waals surface area (Å²) >= 11 is 0. The molecule has 2 N–H and O–H groups in total. The molecule has 6 rings (SSSR count). The molecule has 0 aromatic heterocycles. The van der Waals surface area contributed by atoms with E-state index >= 15 is 0 Å². The summed E-state index contributed by atoms with van der Waals surface area (Å²) in [4.78, 5) is 44.5. The Morgan fingerprint density at radius 2 is 1.62 bits per heavy atom. The topological polar surface area (TPSA) is 117 Å². The van der Waals surface area contributed by atoms with Crippen molar-refractivity contribution in [1.82, 2.24) is 20.4 Å². The van der Waals surface area contributed by atoms with Crippen LogP contribution in [0.15, 0.2) is 87.8 Å². The summed E-state index contributed by atoms with van der Waals surface area (Å²) in [7, 11) is 1.27. The number of hydrogen-bond acceptors (Lipinski definition) is 7. The van der Waals surface area contributed by atoms with E-state index in [1.165, 1.54) is 13.2 Å². The molecule has 1 spiro atoms. The molecule has 0 saturated carbocycles. The number of benzene rings is 3. The van der Waals surface area contributed by atoms with Gasteiger partial charge in [-0.1, -0.05) is 42.5 Å². The number of rotatable bonds is 8. The number of esters is 1. The third-order valence-corrected chi connectivity index (χ3v) is 10.9. The molecule has 1 saturated heterocycles. The Kier molecular flexibility index (Phi) is 9.72. The lowest BCUT2D eigenvalue weighted by molar-refractivity contribution is -0.137. The summed E-state index contributed by atoms with van der Waals surface area (Å²) < 4.78 is 51.6. The van der Waals surface area contributed by atoms with Crippen LogP contribution in [0.4, 0.5) is 18.4 Å². The fraction of sp³-hybridized carbons (Fsp3) is 0.343. The van der Waals surface area contributed by atoms with E-state index in [-0.39, 0.29) is 35.4 Å². The van der Waals surface area contributed by atoms with Gasteiger partial charge in [-0.25, -0.2) is 32.3 Å². The van der Waals surface area contributed by atoms with Gasteiger partial charge in [-0.15, -0.1) is 0 Å². The first-order chi connectivity index (χ1) is 23.2. The minimum atomic E-state index is -1.40. The van der Waals surface area contributed by atoms with Crippen LogP contribution in [0.25, 0.3) is 0 Å². The molecule has 3 aromatic rings. The van der Waals surface area contributed by atoms with Gasteiger partial charge in [0.25, 0.3) is 0 Å². The monoisotopic (exact) mass is 678 g/mol. The second kappa shape index (κ2) is 14.0. The highest BCUT2D eigenvalue weighted by Gasteiger charge is 2.45. The van der Waals surface area contributed by atoms with E-state index in [1.807, 2.05) is 36.4 Å². The van der Waals surface area contributed by atoms with Gasteiger partial charge in [0.05, 0.1) is 35.8 Å². The van der Waals surface area contributed by atoms with Crippen molar-refractivity contribution in [3.05, 3.63) is 106 Å². The SMILES string of the molecule is COCC1=C(C(=O)OC)C(c2ccc(F)c(F)c2)N(C(=O)NCCCN2CCC3(CC2)c2ccccc2S(=O)c2ccccc23)C(=O)N1. The van der Waals surface area contributed by atoms with Crippen molar-refractivity contribution in [3.8, 4) is 0 Å². The molecular formula is C35H36F2N4O6S. The van der Waals surface area contributed by atoms with E-state index in [0.717, 1.165) is 71.0 Å². The van der Waals surface area contributed by atoms with Crippen LogP contribution in [0.3, 0.4) is 0 Å². The van der Waals surface area contributed by atoms with Gasteiger partial charge in [0.15, 0.2) is 11.6 Å². The van der Waals surface area contributed by atoms with E-state index in [2.05, 4.69) is 27.7 Å². The van der Waals surface area contributed by atoms with Gasteiger partial charge in [0.1, 0.15) is 6.04 Å². The van der Waals surface area contributed by atoms with Gasteiger partial charge >= 0.3 is 18.0 Å². The number of ether oxygens (including phenoxy) is 2. The molecule has 3 aliphatic heterocycles. The number of urea groups is 2. The summed E-state index contributed by atoms with van der Waals surface area (Å²) in [5.41, 5.74) is 1.93. The smallest absolute Gasteiger partial charge is 0.338 e. The Balaban J connectivity index is 1.13. The van der Waals surface area contributed by atoms with Crippen molar-refractivity contribution in [3.63, 3.8) is 0 Å². The number of methoxy groups -OCH3 is 2. The fourth-order valence-electron chi connectivity index (χ4n) is 7.07. The number of hydrogen-bond donors (Lipinski definition) is 2. The summed E-state index contributed by atoms with van der Waals surface area (Å²) in [5, 5.41) is 5.26. The first-order valence-electron chi connectivity index (χ1n) is 15.7. The van der Waals surface area contributed by atoms with E-state index < -0.39 is 46.5 Å². The Labute approximate surface area is 279 Å². The Bertz CT molecular complexity index is 1760. The highest BCUT2D eigenvalue weighted by atomic mass is 32.2. The van der Waals surface area contributed by atoms with Crippen molar-refractivity contribution in [2.24, 2.45) is 0 Å². The fourth-order valence-corrected chi connectivity index (χ4v) is 8.64. The Morgan fingerprint density at radius 1 is 0.979 bits per heavy atom. The highest BCUT2D eigenvalue weighted by molar-refractivity contribution is 7.85. The van der Waals surface area contributed by atoms with Gasteiger partial charge in [-0.2, -0.15) is 0 Å². The standard InChI is InChI=1S/C35H36F2N4O6S/c1-46-21-27-30(32(42)47-2)31(22-12-13-25(36)26(37)20-22)41(34(44)39-27)33(43)38-16-7-17-40-18-14-35(15-19-40)23-8-3-5-10-28(23)48(45)29-11-6-4-9-24(29)35/h3-6,8-13,20,31H,7,14-19,21H2,1-2H3,(H,38,43)(H,39,44). The molecule has 1 fully saturated rings. The average Bonchev–Trinajstić information content (AvgIpc) is 3.10. The van der Waals surface area contributed by atoms with Crippen LogP contribution in [0.5, 0.6) is 0 Å². The van der Waals surface area contributed by atoms with Crippen LogP contribution < -0.4 is 10.6 Å². The van der Waals surface area contributed by atoms with Crippen LogP contribution in [-0.4, -0.2) is 79.0 Å². The molecule has 4 amide bonds. The lowest BCUT2D eigenvalue weighted by Crippen LogP contribution is -2.55. The first-order valence-corrected chi connectivity index (χ1v) is 16.8. The van der Waals surface area contributed by atoms with Crippen LogP contribution in [0.2, 0.25) is 0 Å². The molecule has 13 heteroatoms. The zero-order chi connectivity index (χ0) is 34.0. The minimum Gasteiger partial charge on any atom is -0.466 e. The second-order valence-corrected chi connectivity index (χ2v) is 13.4. The first kappa shape index (κ1) is 33.4. The molecule has 48 heavy (non-hydrogen) atoms. The van der Waals surface area contributed by atoms with Gasteiger partial charge in [0.2, 0.25) is 0 Å². The summed E-state index contributed by atoms with van der Waals surface area (Å²) in [5.74, 6) is -3.19. The third-order valence-electron chi connectivity index (χ3n) is 9.35. The lowest BCUT2D eigenvalue weighted by atomic mass is 9.67. The van der Waals surface area contributed by atoms with Gasteiger partial charge < -0.3 is 25.0 Å². The number of nitrogens with one attached hydrogen (secondary N) is 2. The molecule has 10 nitrogen and oxygen atoms in total. The average molecular weight is 679 g/mol. The zero-order valence-electron chi connectivity index (χ0n) is 26.6. The Hall–Kier alpha value is -4.46. The number of piperidine rings is 1. The number of likely N-dealkylation sites (tertiary alicyclic amines) is 1. The van der Waals surface area contributed by atoms with E-state index in [9.17, 15) is 27.4 Å². The maximum atomic E-state index is 14.4. The summed E-state index contributed by atoms with van der Waals surface area (Å²) in [6, 6.07) is 15.8. The predicted molar refractivity (Wildman–Crippen MR) is 172 cm³/mol. The normalized spacial score (nSPS) is 19.0. The number of amides is 4. The number of carbonyl (C=O) groups excluding carboxylic acids is 3. The quantitative estimate of drug-likeness (QED) is 0.261. The number of halogens is 2. The molecule has 0 bridgehead atoms. The van der Waals surface area contributed by atoms with Crippen LogP contribution in [0.1, 0.15) is 42.0 Å². The number of nitrogens with zero attached hydrogens (tertiary/aromatic N) is 2. The van der Waals surface area contributed by atoms with E-state index in [1.54, 1.807) is 0 Å². The van der Waals surface area contributed by atoms with E-state index in [0.29, 0.717) is 13.0 Å². The molecule has 0 radical (unpaired) electrons. The molecular weight excluding hydrogens is 642 g/mol. The van der Waals surface area contributed by atoms with Crippen molar-refractivity contribution < 1.29 is 36.8 Å². The maximum Gasteiger partial charge on any atom is 0.338 e. The molecule has 3 heterocycles. The molecule has 1 unspecified atom stereocenters. The lowest BCUT2D eigenvalue weighted by Gasteiger charge is -2.46. The highest BCUT2D eigenvalue weighted by Crippen LogP contribution is 2.50. The van der Waals surface area contributed by atoms with E-state index in [4.69, 9.17) is 9.47 Å². The van der Waals surface area contributed by atoms with Crippen molar-refractivity contribution >= 4 is 28.8 Å². The maximum absolute atomic E-state index is 14.4. The number of carbonyl (C=O) groups is 3. The minimum absolute atomic E-state index is 0.00448. The molecule has 252 valence electrons. The summed E-state index contributed by atoms with van der Waals surface area (Å²) in [6.07, 6.45) is 2.26. The largest absolute Gasteiger partial charge is 0.466 e. The van der Waals surface area contributed by atoms with Gasteiger partial charge in [-0.3, -0.25) is 0 Å². The molecule has 3 aliphatic rings. The Morgan fingerprint density at radius 3 is 2.23 bits per heavy atom. The molecule has 0 aliphatic carbocycles. The second-order valence-electron chi connectivity index (χ2n) is 12.0. The van der Waals surface area contributed by atoms with Crippen LogP contribution in [0, 0.1) is 11.6 Å². The van der Waals surface area contributed by atoms with Crippen molar-refractivity contribution in [2.45, 2.75) is 40.5 Å². The predicted octanol–water partition coefficient (Wildman–Crippen LogP) is 4.77. The number of imide groups is 1. The van der Waals surface area contributed by atoms with Crippen molar-refractivity contribution in [2.75, 3.05) is 47.0 Å². The third kappa shape index (κ3) is 6.01. The van der Waals surface area contributed by atoms with Crippen LogP contribution >= 0.6 is 0 Å². The molecule has 1 atom stereocenters. The number of fused-ring (bicyclic) bond motifs is 4. The summed E-state index contributed by atoms with van der Waals surface area (Å²) in [6.45, 7) is 2.28.